The van der Waals surface area contributed by atoms with E-state index in [9.17, 15) is 19.8 Å². The van der Waals surface area contributed by atoms with Crippen LogP contribution in [0.4, 0.5) is 0 Å². The molecule has 0 spiro atoms. The van der Waals surface area contributed by atoms with Crippen LogP contribution in [0.5, 0.6) is 23.1 Å². The van der Waals surface area contributed by atoms with Gasteiger partial charge in [-0.1, -0.05) is 11.6 Å². The number of aromatic amines is 1. The molecule has 1 atom stereocenters. The molecule has 4 N–H and O–H groups in total. The van der Waals surface area contributed by atoms with Crippen LogP contribution in [0.25, 0.3) is 5.69 Å². The van der Waals surface area contributed by atoms with Crippen LogP contribution in [0.3, 0.4) is 0 Å². The molecular formula is C21H19ClN4O6. The summed E-state index contributed by atoms with van der Waals surface area (Å²) in [5.74, 6) is -0.247. The molecule has 0 saturated carbocycles. The van der Waals surface area contributed by atoms with E-state index in [1.807, 2.05) is 0 Å². The van der Waals surface area contributed by atoms with Crippen molar-refractivity contribution in [1.82, 2.24) is 15.0 Å². The molecule has 10 nitrogen and oxygen atoms in total. The van der Waals surface area contributed by atoms with Gasteiger partial charge in [0.25, 0.3) is 5.56 Å². The third-order valence-electron chi connectivity index (χ3n) is 5.12. The Kier molecular flexibility index (Phi) is 5.54. The van der Waals surface area contributed by atoms with Crippen LogP contribution in [0, 0.1) is 0 Å². The maximum absolute atomic E-state index is 12.5. The molecule has 1 unspecified atom stereocenters. The zero-order valence-corrected chi connectivity index (χ0v) is 17.8. The smallest absolute Gasteiger partial charge is 0.335 e. The molecule has 0 fully saturated rings. The Hall–Kier alpha value is -3.92. The Labute approximate surface area is 186 Å². The molecule has 0 bridgehead atoms. The van der Waals surface area contributed by atoms with Gasteiger partial charge in [-0.05, 0) is 42.0 Å². The Balaban J connectivity index is 1.72. The van der Waals surface area contributed by atoms with Gasteiger partial charge in [-0.25, -0.2) is 9.36 Å². The van der Waals surface area contributed by atoms with E-state index in [-0.39, 0.29) is 34.9 Å². The fourth-order valence-corrected chi connectivity index (χ4v) is 3.65. The molecule has 32 heavy (non-hydrogen) atoms. The summed E-state index contributed by atoms with van der Waals surface area (Å²) in [5, 5.41) is 25.6. The minimum absolute atomic E-state index is 0.132. The lowest BCUT2D eigenvalue weighted by Gasteiger charge is -2.15. The number of hydrogen-bond donors (Lipinski definition) is 4. The van der Waals surface area contributed by atoms with Gasteiger partial charge in [0, 0.05) is 11.4 Å². The minimum atomic E-state index is -0.797. The standard InChI is InChI=1S/C21H19ClN4O6/c1-31-15-7-10(8-16(32-2)18(15)27)13-9-14(25-24-13)17-19(28)23-21(30)26(20(17)29)12-5-3-11(22)4-6-12/h3-8,13,24,27,29H,9H2,1-2H3,(H,23,28,30). The molecule has 1 aromatic heterocycles. The van der Waals surface area contributed by atoms with E-state index in [0.29, 0.717) is 16.3 Å². The Morgan fingerprint density at radius 2 is 1.72 bits per heavy atom. The molecule has 0 radical (unpaired) electrons. The van der Waals surface area contributed by atoms with Crippen molar-refractivity contribution in [2.24, 2.45) is 5.10 Å². The van der Waals surface area contributed by atoms with E-state index < -0.39 is 23.2 Å². The van der Waals surface area contributed by atoms with Gasteiger partial charge in [0.15, 0.2) is 11.5 Å². The molecule has 166 valence electrons. The normalized spacial score (nSPS) is 15.2. The van der Waals surface area contributed by atoms with Crippen LogP contribution in [-0.4, -0.2) is 39.7 Å². The number of aromatic nitrogens is 2. The molecule has 0 amide bonds. The van der Waals surface area contributed by atoms with Crippen LogP contribution < -0.4 is 26.1 Å². The topological polar surface area (TPSA) is 138 Å². The third kappa shape index (κ3) is 3.65. The third-order valence-corrected chi connectivity index (χ3v) is 5.37. The number of aromatic hydroxyl groups is 2. The highest BCUT2D eigenvalue weighted by atomic mass is 35.5. The van der Waals surface area contributed by atoms with Crippen molar-refractivity contribution in [2.75, 3.05) is 14.2 Å². The number of hydrazone groups is 1. The second-order valence-electron chi connectivity index (χ2n) is 6.99. The monoisotopic (exact) mass is 458 g/mol. The quantitative estimate of drug-likeness (QED) is 0.459. The van der Waals surface area contributed by atoms with Crippen molar-refractivity contribution >= 4 is 17.3 Å². The number of methoxy groups -OCH3 is 2. The molecule has 2 aromatic carbocycles. The highest BCUT2D eigenvalue weighted by Gasteiger charge is 2.29. The summed E-state index contributed by atoms with van der Waals surface area (Å²) in [6.07, 6.45) is 0.215. The summed E-state index contributed by atoms with van der Waals surface area (Å²) < 4.78 is 11.3. The summed E-state index contributed by atoms with van der Waals surface area (Å²) in [7, 11) is 2.83. The van der Waals surface area contributed by atoms with Gasteiger partial charge in [-0.15, -0.1) is 0 Å². The Morgan fingerprint density at radius 1 is 1.09 bits per heavy atom. The number of hydrogen-bond acceptors (Lipinski definition) is 8. The van der Waals surface area contributed by atoms with Crippen molar-refractivity contribution < 1.29 is 19.7 Å². The number of benzene rings is 2. The zero-order chi connectivity index (χ0) is 23.0. The van der Waals surface area contributed by atoms with E-state index in [0.717, 1.165) is 4.57 Å². The number of rotatable bonds is 5. The Morgan fingerprint density at radius 3 is 2.31 bits per heavy atom. The van der Waals surface area contributed by atoms with Crippen molar-refractivity contribution in [3.05, 3.63) is 73.4 Å². The lowest BCUT2D eigenvalue weighted by atomic mass is 9.99. The lowest BCUT2D eigenvalue weighted by Crippen LogP contribution is -2.33. The predicted octanol–water partition coefficient (Wildman–Crippen LogP) is 2.05. The van der Waals surface area contributed by atoms with Gasteiger partial charge in [0.1, 0.15) is 5.56 Å². The first-order valence-electron chi connectivity index (χ1n) is 9.45. The number of phenols is 1. The average molecular weight is 459 g/mol. The predicted molar refractivity (Wildman–Crippen MR) is 118 cm³/mol. The number of halogens is 1. The Bertz CT molecular complexity index is 1300. The van der Waals surface area contributed by atoms with Gasteiger partial charge in [0.05, 0.1) is 31.7 Å². The summed E-state index contributed by atoms with van der Waals surface area (Å²) in [4.78, 5) is 27.1. The molecular weight excluding hydrogens is 440 g/mol. The van der Waals surface area contributed by atoms with E-state index in [1.165, 1.54) is 26.4 Å². The van der Waals surface area contributed by atoms with Gasteiger partial charge in [-0.3, -0.25) is 9.78 Å². The van der Waals surface area contributed by atoms with Crippen molar-refractivity contribution in [1.29, 1.82) is 0 Å². The largest absolute Gasteiger partial charge is 0.502 e. The number of nitrogens with one attached hydrogen (secondary N) is 2. The maximum atomic E-state index is 12.5. The summed E-state index contributed by atoms with van der Waals surface area (Å²) in [6.45, 7) is 0. The van der Waals surface area contributed by atoms with Gasteiger partial charge < -0.3 is 25.1 Å². The number of H-pyrrole nitrogens is 1. The van der Waals surface area contributed by atoms with Crippen LogP contribution in [0.1, 0.15) is 23.6 Å². The van der Waals surface area contributed by atoms with Gasteiger partial charge in [0.2, 0.25) is 11.6 Å². The number of phenolic OH excluding ortho intramolecular Hbond substituents is 1. The van der Waals surface area contributed by atoms with Crippen LogP contribution in [0.2, 0.25) is 5.02 Å². The summed E-state index contributed by atoms with van der Waals surface area (Å²) in [6, 6.07) is 9.03. The van der Waals surface area contributed by atoms with Gasteiger partial charge in [-0.2, -0.15) is 5.10 Å². The molecule has 11 heteroatoms. The highest BCUT2D eigenvalue weighted by Crippen LogP contribution is 2.40. The molecule has 0 aliphatic carbocycles. The van der Waals surface area contributed by atoms with Gasteiger partial charge >= 0.3 is 5.69 Å². The lowest BCUT2D eigenvalue weighted by molar-refractivity contribution is 0.338. The molecule has 4 rings (SSSR count). The van der Waals surface area contributed by atoms with E-state index in [2.05, 4.69) is 15.5 Å². The fourth-order valence-electron chi connectivity index (χ4n) is 3.52. The van der Waals surface area contributed by atoms with Crippen molar-refractivity contribution in [2.45, 2.75) is 12.5 Å². The maximum Gasteiger partial charge on any atom is 0.335 e. The van der Waals surface area contributed by atoms with E-state index in [1.54, 1.807) is 24.3 Å². The number of ether oxygens (including phenoxy) is 2. The molecule has 1 aliphatic heterocycles. The molecule has 3 aromatic rings. The first-order valence-corrected chi connectivity index (χ1v) is 9.83. The second-order valence-corrected chi connectivity index (χ2v) is 7.42. The van der Waals surface area contributed by atoms with E-state index in [4.69, 9.17) is 21.1 Å². The number of nitrogens with zero attached hydrogens (tertiary/aromatic N) is 2. The van der Waals surface area contributed by atoms with Crippen molar-refractivity contribution in [3.63, 3.8) is 0 Å². The molecule has 2 heterocycles. The first-order chi connectivity index (χ1) is 15.3. The molecule has 0 saturated heterocycles. The van der Waals surface area contributed by atoms with E-state index >= 15 is 0 Å². The SMILES string of the molecule is COc1cc(C2CC(c3c(O)n(-c4ccc(Cl)cc4)c(=O)[nH]c3=O)=NN2)cc(OC)c1O. The minimum Gasteiger partial charge on any atom is -0.502 e. The van der Waals surface area contributed by atoms with Crippen LogP contribution in [0.15, 0.2) is 51.1 Å². The second kappa shape index (κ2) is 8.31. The highest BCUT2D eigenvalue weighted by molar-refractivity contribution is 6.30. The van der Waals surface area contributed by atoms with Crippen LogP contribution in [-0.2, 0) is 0 Å². The summed E-state index contributed by atoms with van der Waals surface area (Å²) in [5.41, 5.74) is 2.47. The fraction of sp³-hybridized carbons (Fsp3) is 0.190. The summed E-state index contributed by atoms with van der Waals surface area (Å²) >= 11 is 5.90. The zero-order valence-electron chi connectivity index (χ0n) is 17.0. The van der Waals surface area contributed by atoms with Crippen molar-refractivity contribution in [3.8, 4) is 28.8 Å². The van der Waals surface area contributed by atoms with Crippen LogP contribution >= 0.6 is 11.6 Å². The average Bonchev–Trinajstić information content (AvgIpc) is 3.24. The molecule has 1 aliphatic rings. The first kappa shape index (κ1) is 21.3.